The zero-order valence-corrected chi connectivity index (χ0v) is 14.3. The van der Waals surface area contributed by atoms with Gasteiger partial charge in [-0.3, -0.25) is 14.8 Å². The van der Waals surface area contributed by atoms with Gasteiger partial charge < -0.3 is 10.1 Å². The van der Waals surface area contributed by atoms with E-state index in [0.29, 0.717) is 16.7 Å². The molecule has 0 saturated carbocycles. The Morgan fingerprint density at radius 2 is 1.85 bits per heavy atom. The first-order valence-corrected chi connectivity index (χ1v) is 7.99. The largest absolute Gasteiger partial charge is 0.449 e. The Bertz CT molecular complexity index is 996. The highest BCUT2D eigenvalue weighted by Gasteiger charge is 2.19. The maximum absolute atomic E-state index is 13.1. The lowest BCUT2D eigenvalue weighted by Gasteiger charge is -2.14. The average Bonchev–Trinajstić information content (AvgIpc) is 2.64. The monoisotopic (exact) mass is 373 g/mol. The Labute approximate surface area is 153 Å². The molecule has 6 nitrogen and oxygen atoms in total. The molecule has 0 radical (unpaired) electrons. The van der Waals surface area contributed by atoms with Crippen LogP contribution in [0.3, 0.4) is 0 Å². The van der Waals surface area contributed by atoms with E-state index >= 15 is 0 Å². The van der Waals surface area contributed by atoms with Crippen LogP contribution in [0.15, 0.2) is 48.8 Å². The van der Waals surface area contributed by atoms with Gasteiger partial charge in [0.15, 0.2) is 6.10 Å². The van der Waals surface area contributed by atoms with Gasteiger partial charge in [-0.05, 0) is 43.3 Å². The number of ether oxygens (including phenoxy) is 1. The number of carbonyl (C=O) groups excluding carboxylic acids is 2. The molecular formula is C18H13ClFN3O3. The van der Waals surface area contributed by atoms with E-state index in [1.165, 1.54) is 31.3 Å². The van der Waals surface area contributed by atoms with Crippen LogP contribution in [-0.2, 0) is 9.53 Å². The number of nitrogens with zero attached hydrogens (tertiary/aromatic N) is 2. The molecular weight excluding hydrogens is 361 g/mol. The molecule has 0 aliphatic heterocycles. The fourth-order valence-electron chi connectivity index (χ4n) is 2.19. The molecule has 0 unspecified atom stereocenters. The van der Waals surface area contributed by atoms with Crippen molar-refractivity contribution in [2.24, 2.45) is 0 Å². The predicted molar refractivity (Wildman–Crippen MR) is 94.5 cm³/mol. The van der Waals surface area contributed by atoms with Crippen LogP contribution in [0.1, 0.15) is 17.3 Å². The molecule has 1 amide bonds. The van der Waals surface area contributed by atoms with Crippen LogP contribution >= 0.6 is 11.6 Å². The van der Waals surface area contributed by atoms with Crippen molar-refractivity contribution in [2.75, 3.05) is 5.32 Å². The van der Waals surface area contributed by atoms with E-state index < -0.39 is 23.8 Å². The zero-order chi connectivity index (χ0) is 18.7. The zero-order valence-electron chi connectivity index (χ0n) is 13.6. The molecule has 1 aromatic heterocycles. The van der Waals surface area contributed by atoms with Gasteiger partial charge in [0.1, 0.15) is 5.82 Å². The fraction of sp³-hybridized carbons (Fsp3) is 0.111. The standard InChI is InChI=1S/C18H13ClFN3O3/c1-10(17(24)23-12-3-4-14(20)13(19)9-12)26-18(25)11-2-5-15-16(8-11)22-7-6-21-15/h2-10H,1H3,(H,23,24)/t10-/m0/s1. The van der Waals surface area contributed by atoms with E-state index in [1.807, 2.05) is 0 Å². The minimum absolute atomic E-state index is 0.121. The number of aromatic nitrogens is 2. The molecule has 1 heterocycles. The van der Waals surface area contributed by atoms with Crippen LogP contribution in [-0.4, -0.2) is 27.9 Å². The molecule has 0 saturated heterocycles. The lowest BCUT2D eigenvalue weighted by atomic mass is 10.2. The lowest BCUT2D eigenvalue weighted by Crippen LogP contribution is -2.30. The second kappa shape index (κ2) is 7.45. The molecule has 1 N–H and O–H groups in total. The van der Waals surface area contributed by atoms with E-state index in [0.717, 1.165) is 6.07 Å². The number of halogens is 2. The van der Waals surface area contributed by atoms with Gasteiger partial charge in [-0.25, -0.2) is 9.18 Å². The van der Waals surface area contributed by atoms with Gasteiger partial charge in [0, 0.05) is 18.1 Å². The summed E-state index contributed by atoms with van der Waals surface area (Å²) in [6.07, 6.45) is 2.00. The van der Waals surface area contributed by atoms with Crippen LogP contribution in [0.2, 0.25) is 5.02 Å². The topological polar surface area (TPSA) is 81.2 Å². The molecule has 132 valence electrons. The molecule has 1 atom stereocenters. The summed E-state index contributed by atoms with van der Waals surface area (Å²) in [5.41, 5.74) is 1.73. The van der Waals surface area contributed by atoms with Crippen molar-refractivity contribution in [3.8, 4) is 0 Å². The lowest BCUT2D eigenvalue weighted by molar-refractivity contribution is -0.123. The predicted octanol–water partition coefficient (Wildman–Crippen LogP) is 3.61. The maximum atomic E-state index is 13.1. The molecule has 0 fully saturated rings. The number of rotatable bonds is 4. The number of hydrogen-bond acceptors (Lipinski definition) is 5. The minimum atomic E-state index is -1.07. The van der Waals surface area contributed by atoms with Crippen molar-refractivity contribution in [2.45, 2.75) is 13.0 Å². The normalized spacial score (nSPS) is 11.8. The number of anilines is 1. The van der Waals surface area contributed by atoms with Crippen molar-refractivity contribution in [1.82, 2.24) is 9.97 Å². The first kappa shape index (κ1) is 17.8. The maximum Gasteiger partial charge on any atom is 0.338 e. The molecule has 0 spiro atoms. The Hall–Kier alpha value is -3.06. The van der Waals surface area contributed by atoms with Crippen LogP contribution in [0.4, 0.5) is 10.1 Å². The van der Waals surface area contributed by atoms with E-state index in [1.54, 1.807) is 18.3 Å². The van der Waals surface area contributed by atoms with Gasteiger partial charge in [-0.15, -0.1) is 0 Å². The number of nitrogens with one attached hydrogen (secondary N) is 1. The van der Waals surface area contributed by atoms with Crippen molar-refractivity contribution < 1.29 is 18.7 Å². The van der Waals surface area contributed by atoms with Gasteiger partial charge >= 0.3 is 5.97 Å². The van der Waals surface area contributed by atoms with Crippen LogP contribution in [0, 0.1) is 5.82 Å². The first-order valence-electron chi connectivity index (χ1n) is 7.62. The summed E-state index contributed by atoms with van der Waals surface area (Å²) >= 11 is 5.67. The second-order valence-corrected chi connectivity index (χ2v) is 5.83. The van der Waals surface area contributed by atoms with Crippen LogP contribution in [0.5, 0.6) is 0 Å². The summed E-state index contributed by atoms with van der Waals surface area (Å²) in [5.74, 6) is -1.83. The Balaban J connectivity index is 1.67. The molecule has 3 rings (SSSR count). The highest BCUT2D eigenvalue weighted by Crippen LogP contribution is 2.20. The highest BCUT2D eigenvalue weighted by atomic mass is 35.5. The smallest absolute Gasteiger partial charge is 0.338 e. The Kier molecular flexibility index (Phi) is 5.09. The molecule has 3 aromatic rings. The van der Waals surface area contributed by atoms with Crippen LogP contribution < -0.4 is 5.32 Å². The fourth-order valence-corrected chi connectivity index (χ4v) is 2.37. The summed E-state index contributed by atoms with van der Waals surface area (Å²) in [7, 11) is 0. The number of carbonyl (C=O) groups is 2. The summed E-state index contributed by atoms with van der Waals surface area (Å²) in [6, 6.07) is 8.48. The van der Waals surface area contributed by atoms with E-state index in [4.69, 9.17) is 16.3 Å². The third-order valence-corrected chi connectivity index (χ3v) is 3.83. The highest BCUT2D eigenvalue weighted by molar-refractivity contribution is 6.31. The number of hydrogen-bond donors (Lipinski definition) is 1. The molecule has 0 aliphatic rings. The second-order valence-electron chi connectivity index (χ2n) is 5.43. The number of amides is 1. The molecule has 8 heteroatoms. The number of fused-ring (bicyclic) bond motifs is 1. The van der Waals surface area contributed by atoms with Gasteiger partial charge in [-0.1, -0.05) is 11.6 Å². The van der Waals surface area contributed by atoms with Crippen molar-refractivity contribution in [3.05, 3.63) is 65.2 Å². The van der Waals surface area contributed by atoms with E-state index in [2.05, 4.69) is 15.3 Å². The van der Waals surface area contributed by atoms with Gasteiger partial charge in [0.2, 0.25) is 0 Å². The average molecular weight is 374 g/mol. The van der Waals surface area contributed by atoms with Crippen LogP contribution in [0.25, 0.3) is 11.0 Å². The summed E-state index contributed by atoms with van der Waals surface area (Å²) in [4.78, 5) is 32.6. The molecule has 0 bridgehead atoms. The van der Waals surface area contributed by atoms with Crippen molar-refractivity contribution in [3.63, 3.8) is 0 Å². The molecule has 2 aromatic carbocycles. The SMILES string of the molecule is C[C@H](OC(=O)c1ccc2nccnc2c1)C(=O)Nc1ccc(F)c(Cl)c1. The first-order chi connectivity index (χ1) is 12.4. The quantitative estimate of drug-likeness (QED) is 0.706. The Morgan fingerprint density at radius 1 is 1.12 bits per heavy atom. The summed E-state index contributed by atoms with van der Waals surface area (Å²) in [6.45, 7) is 1.43. The molecule has 26 heavy (non-hydrogen) atoms. The summed E-state index contributed by atoms with van der Waals surface area (Å²) < 4.78 is 18.3. The molecule has 0 aliphatic carbocycles. The number of benzene rings is 2. The summed E-state index contributed by atoms with van der Waals surface area (Å²) in [5, 5.41) is 2.39. The Morgan fingerprint density at radius 3 is 2.58 bits per heavy atom. The van der Waals surface area contributed by atoms with Gasteiger partial charge in [-0.2, -0.15) is 0 Å². The van der Waals surface area contributed by atoms with E-state index in [9.17, 15) is 14.0 Å². The van der Waals surface area contributed by atoms with Crippen molar-refractivity contribution >= 4 is 40.2 Å². The van der Waals surface area contributed by atoms with E-state index in [-0.39, 0.29) is 10.6 Å². The third kappa shape index (κ3) is 3.94. The van der Waals surface area contributed by atoms with Gasteiger partial charge in [0.25, 0.3) is 5.91 Å². The van der Waals surface area contributed by atoms with Gasteiger partial charge in [0.05, 0.1) is 21.6 Å². The number of esters is 1. The van der Waals surface area contributed by atoms with Crippen molar-refractivity contribution in [1.29, 1.82) is 0 Å². The third-order valence-electron chi connectivity index (χ3n) is 3.55. The minimum Gasteiger partial charge on any atom is -0.449 e.